The molecule has 2 aliphatic heterocycles. The number of aromatic nitrogens is 2. The number of carbonyl (C=O) groups is 2. The van der Waals surface area contributed by atoms with Crippen LogP contribution in [0.2, 0.25) is 0 Å². The predicted octanol–water partition coefficient (Wildman–Crippen LogP) is 2.33. The molecule has 0 unspecified atom stereocenters. The largest absolute Gasteiger partial charge is 0.478 e. The summed E-state index contributed by atoms with van der Waals surface area (Å²) in [5.41, 5.74) is 2.66. The molecule has 38 heavy (non-hydrogen) atoms. The van der Waals surface area contributed by atoms with E-state index in [4.69, 9.17) is 4.74 Å². The Morgan fingerprint density at radius 1 is 1.13 bits per heavy atom. The number of carboxylic acid groups (broad SMARTS) is 1. The number of benzene rings is 1. The van der Waals surface area contributed by atoms with E-state index in [9.17, 15) is 19.5 Å². The number of amides is 1. The number of aromatic amines is 1. The number of carboxylic acids is 1. The van der Waals surface area contributed by atoms with Crippen LogP contribution >= 0.6 is 0 Å². The van der Waals surface area contributed by atoms with Gasteiger partial charge in [0.1, 0.15) is 17.9 Å². The lowest BCUT2D eigenvalue weighted by molar-refractivity contribution is 0.0697. The van der Waals surface area contributed by atoms with Crippen molar-refractivity contribution in [2.24, 2.45) is 0 Å². The molecule has 0 saturated carbocycles. The van der Waals surface area contributed by atoms with Gasteiger partial charge in [-0.25, -0.2) is 9.78 Å². The van der Waals surface area contributed by atoms with E-state index >= 15 is 0 Å². The van der Waals surface area contributed by atoms with Gasteiger partial charge in [0.05, 0.1) is 28.8 Å². The van der Waals surface area contributed by atoms with Gasteiger partial charge in [0.25, 0.3) is 11.5 Å². The minimum atomic E-state index is -1.09. The maximum absolute atomic E-state index is 13.3. The molecule has 12 heteroatoms. The zero-order valence-corrected chi connectivity index (χ0v) is 21.1. The number of anilines is 5. The van der Waals surface area contributed by atoms with Crippen molar-refractivity contribution in [3.8, 4) is 5.88 Å². The van der Waals surface area contributed by atoms with Gasteiger partial charge in [-0.1, -0.05) is 0 Å². The second-order valence-corrected chi connectivity index (χ2v) is 9.25. The molecule has 1 aromatic carbocycles. The predicted molar refractivity (Wildman–Crippen MR) is 144 cm³/mol. The van der Waals surface area contributed by atoms with Gasteiger partial charge in [0.15, 0.2) is 0 Å². The second kappa shape index (κ2) is 10.4. The van der Waals surface area contributed by atoms with Gasteiger partial charge < -0.3 is 40.6 Å². The van der Waals surface area contributed by atoms with Gasteiger partial charge in [0, 0.05) is 50.2 Å². The summed E-state index contributed by atoms with van der Waals surface area (Å²) in [7, 11) is 2.03. The summed E-state index contributed by atoms with van der Waals surface area (Å²) in [6, 6.07) is 6.33. The van der Waals surface area contributed by atoms with Gasteiger partial charge in [-0.05, 0) is 38.2 Å². The van der Waals surface area contributed by atoms with Crippen LogP contribution in [-0.4, -0.2) is 78.2 Å². The van der Waals surface area contributed by atoms with Crippen molar-refractivity contribution in [3.63, 3.8) is 0 Å². The summed E-state index contributed by atoms with van der Waals surface area (Å²) < 4.78 is 5.57. The van der Waals surface area contributed by atoms with E-state index in [0.29, 0.717) is 43.5 Å². The Kier molecular flexibility index (Phi) is 6.88. The van der Waals surface area contributed by atoms with Gasteiger partial charge in [-0.15, -0.1) is 0 Å². The minimum Gasteiger partial charge on any atom is -0.478 e. The standard InChI is InChI=1S/C26H29N7O5/c1-15-19(14-29-25-22(15)27-7-12-38-25)31-18-5-6-28-23(34)21(18)24(35)30-16-3-4-20(17(13-16)26(36)37)33-10-8-32(2)9-11-33/h3-6,13-14,27H,7-12H2,1-2H3,(H,30,35)(H,36,37)(H2,28,31,34). The van der Waals surface area contributed by atoms with Crippen molar-refractivity contribution >= 4 is 40.3 Å². The Morgan fingerprint density at radius 2 is 1.92 bits per heavy atom. The van der Waals surface area contributed by atoms with Crippen LogP contribution in [0.3, 0.4) is 0 Å². The molecule has 1 saturated heterocycles. The van der Waals surface area contributed by atoms with Crippen LogP contribution in [0, 0.1) is 6.92 Å². The molecule has 5 N–H and O–H groups in total. The van der Waals surface area contributed by atoms with E-state index in [1.54, 1.807) is 24.4 Å². The summed E-state index contributed by atoms with van der Waals surface area (Å²) >= 11 is 0. The number of hydrogen-bond acceptors (Lipinski definition) is 9. The minimum absolute atomic E-state index is 0.0816. The van der Waals surface area contributed by atoms with E-state index in [-0.39, 0.29) is 22.5 Å². The topological polar surface area (TPSA) is 152 Å². The number of pyridine rings is 2. The van der Waals surface area contributed by atoms with Gasteiger partial charge in [-0.2, -0.15) is 0 Å². The number of ether oxygens (including phenoxy) is 1. The molecule has 0 radical (unpaired) electrons. The van der Waals surface area contributed by atoms with E-state index in [1.807, 2.05) is 18.9 Å². The van der Waals surface area contributed by atoms with Gasteiger partial charge in [-0.3, -0.25) is 9.59 Å². The summed E-state index contributed by atoms with van der Waals surface area (Å²) in [6.45, 7) is 6.10. The van der Waals surface area contributed by atoms with E-state index in [0.717, 1.165) is 24.3 Å². The average Bonchev–Trinajstić information content (AvgIpc) is 2.91. The normalized spacial score (nSPS) is 15.2. The summed E-state index contributed by atoms with van der Waals surface area (Å²) in [5, 5.41) is 18.9. The maximum atomic E-state index is 13.3. The van der Waals surface area contributed by atoms with Crippen LogP contribution in [0.4, 0.5) is 28.4 Å². The Hall–Kier alpha value is -4.58. The summed E-state index contributed by atoms with van der Waals surface area (Å²) in [4.78, 5) is 49.1. The monoisotopic (exact) mass is 519 g/mol. The van der Waals surface area contributed by atoms with Crippen molar-refractivity contribution in [2.45, 2.75) is 6.92 Å². The molecule has 1 fully saturated rings. The van der Waals surface area contributed by atoms with E-state index < -0.39 is 17.4 Å². The Bertz CT molecular complexity index is 1450. The zero-order chi connectivity index (χ0) is 26.8. The van der Waals surface area contributed by atoms with E-state index in [1.165, 1.54) is 12.3 Å². The Labute approximate surface area is 218 Å². The lowest BCUT2D eigenvalue weighted by Gasteiger charge is -2.34. The number of likely N-dealkylation sites (N-methyl/N-ethyl adjacent to an activating group) is 1. The molecule has 0 aliphatic carbocycles. The molecule has 0 atom stereocenters. The van der Waals surface area contributed by atoms with Crippen molar-refractivity contribution in [1.29, 1.82) is 0 Å². The first kappa shape index (κ1) is 25.1. The molecule has 5 rings (SSSR count). The van der Waals surface area contributed by atoms with Crippen LogP contribution in [0.5, 0.6) is 5.88 Å². The maximum Gasteiger partial charge on any atom is 0.337 e. The molecule has 12 nitrogen and oxygen atoms in total. The molecule has 3 aromatic rings. The SMILES string of the molecule is Cc1c(Nc2cc[nH]c(=O)c2C(=O)Nc2ccc(N3CCN(C)CC3)c(C(=O)O)c2)cnc2c1NCCO2. The van der Waals surface area contributed by atoms with Crippen molar-refractivity contribution < 1.29 is 19.4 Å². The number of nitrogens with zero attached hydrogens (tertiary/aromatic N) is 3. The molecule has 0 spiro atoms. The fourth-order valence-electron chi connectivity index (χ4n) is 4.60. The number of aromatic carboxylic acids is 1. The molecule has 198 valence electrons. The smallest absolute Gasteiger partial charge is 0.337 e. The molecule has 2 aromatic heterocycles. The lowest BCUT2D eigenvalue weighted by Crippen LogP contribution is -2.45. The Morgan fingerprint density at radius 3 is 2.68 bits per heavy atom. The number of rotatable bonds is 6. The highest BCUT2D eigenvalue weighted by Gasteiger charge is 2.23. The van der Waals surface area contributed by atoms with Crippen molar-refractivity contribution in [3.05, 3.63) is 63.7 Å². The molecular weight excluding hydrogens is 490 g/mol. The molecule has 4 heterocycles. The number of nitrogens with one attached hydrogen (secondary N) is 4. The van der Waals surface area contributed by atoms with Crippen molar-refractivity contribution in [2.75, 3.05) is 67.2 Å². The number of fused-ring (bicyclic) bond motifs is 1. The van der Waals surface area contributed by atoms with Gasteiger partial charge in [0.2, 0.25) is 5.88 Å². The summed E-state index contributed by atoms with van der Waals surface area (Å²) in [6.07, 6.45) is 3.03. The fourth-order valence-corrected chi connectivity index (χ4v) is 4.60. The fraction of sp³-hybridized carbons (Fsp3) is 0.308. The summed E-state index contributed by atoms with van der Waals surface area (Å²) in [5.74, 6) is -1.27. The van der Waals surface area contributed by atoms with Crippen LogP contribution in [0.25, 0.3) is 0 Å². The first-order valence-electron chi connectivity index (χ1n) is 12.3. The highest BCUT2D eigenvalue weighted by atomic mass is 16.5. The lowest BCUT2D eigenvalue weighted by atomic mass is 10.1. The average molecular weight is 520 g/mol. The molecular formula is C26H29N7O5. The number of hydrogen-bond donors (Lipinski definition) is 5. The highest BCUT2D eigenvalue weighted by molar-refractivity contribution is 6.09. The number of carbonyl (C=O) groups excluding carboxylic acids is 1. The van der Waals surface area contributed by atoms with Crippen LogP contribution in [0.1, 0.15) is 26.3 Å². The van der Waals surface area contributed by atoms with Gasteiger partial charge >= 0.3 is 5.97 Å². The first-order chi connectivity index (χ1) is 18.3. The quantitative estimate of drug-likeness (QED) is 0.328. The molecule has 1 amide bonds. The third kappa shape index (κ3) is 4.98. The van der Waals surface area contributed by atoms with Crippen LogP contribution in [-0.2, 0) is 0 Å². The molecule has 0 bridgehead atoms. The first-order valence-corrected chi connectivity index (χ1v) is 12.3. The Balaban J connectivity index is 1.41. The number of piperazine rings is 1. The molecule has 2 aliphatic rings. The third-order valence-corrected chi connectivity index (χ3v) is 6.73. The van der Waals surface area contributed by atoms with Crippen molar-refractivity contribution in [1.82, 2.24) is 14.9 Å². The van der Waals surface area contributed by atoms with Crippen LogP contribution < -0.4 is 31.1 Å². The highest BCUT2D eigenvalue weighted by Crippen LogP contribution is 2.34. The van der Waals surface area contributed by atoms with E-state index in [2.05, 4.69) is 30.8 Å². The van der Waals surface area contributed by atoms with Crippen LogP contribution in [0.15, 0.2) is 41.5 Å². The third-order valence-electron chi connectivity index (χ3n) is 6.73. The number of H-pyrrole nitrogens is 1. The second-order valence-electron chi connectivity index (χ2n) is 9.25. The zero-order valence-electron chi connectivity index (χ0n) is 21.1.